The van der Waals surface area contributed by atoms with Gasteiger partial charge in [0.15, 0.2) is 0 Å². The van der Waals surface area contributed by atoms with Crippen molar-refractivity contribution in [1.82, 2.24) is 4.98 Å². The average Bonchev–Trinajstić information content (AvgIpc) is 3.34. The van der Waals surface area contributed by atoms with Crippen LogP contribution in [0.4, 0.5) is 17.1 Å². The normalized spacial score (nSPS) is 16.4. The van der Waals surface area contributed by atoms with Gasteiger partial charge in [0, 0.05) is 46.9 Å². The van der Waals surface area contributed by atoms with Gasteiger partial charge in [0.2, 0.25) is 0 Å². The Morgan fingerprint density at radius 3 is 2.56 bits per heavy atom. The molecule has 126 valence electrons. The van der Waals surface area contributed by atoms with Gasteiger partial charge in [-0.15, -0.1) is 0 Å². The van der Waals surface area contributed by atoms with Crippen LogP contribution in [-0.2, 0) is 11.5 Å². The second-order valence-electron chi connectivity index (χ2n) is 6.79. The summed E-state index contributed by atoms with van der Waals surface area (Å²) in [6.45, 7) is 2.37. The molecule has 0 atom stereocenters. The molecule has 1 aromatic heterocycles. The van der Waals surface area contributed by atoms with Crippen LogP contribution in [0.1, 0.15) is 24.1 Å². The van der Waals surface area contributed by atoms with Gasteiger partial charge in [-0.25, -0.2) is 0 Å². The monoisotopic (exact) mass is 347 g/mol. The first kappa shape index (κ1) is 15.1. The number of hydrogen-bond donors (Lipinski definition) is 1. The molecule has 2 aromatic carbocycles. The number of fused-ring (bicyclic) bond motifs is 2. The van der Waals surface area contributed by atoms with E-state index >= 15 is 0 Å². The summed E-state index contributed by atoms with van der Waals surface area (Å²) in [6.07, 6.45) is 2.62. The highest BCUT2D eigenvalue weighted by Crippen LogP contribution is 2.39. The molecule has 1 fully saturated rings. The van der Waals surface area contributed by atoms with E-state index in [1.165, 1.54) is 53.9 Å². The molecular formula is C21H21N3S. The Bertz CT molecular complexity index is 914. The fourth-order valence-electron chi connectivity index (χ4n) is 3.84. The van der Waals surface area contributed by atoms with Crippen LogP contribution in [0.15, 0.2) is 48.5 Å². The summed E-state index contributed by atoms with van der Waals surface area (Å²) in [5, 5.41) is 4.91. The van der Waals surface area contributed by atoms with E-state index in [2.05, 4.69) is 58.7 Å². The maximum Gasteiger partial charge on any atom is 0.0726 e. The minimum atomic E-state index is 1.02. The molecule has 5 rings (SSSR count). The fraction of sp³-hybridized carbons (Fsp3) is 0.286. The summed E-state index contributed by atoms with van der Waals surface area (Å²) in [5.74, 6) is 2.06. The zero-order chi connectivity index (χ0) is 16.6. The minimum absolute atomic E-state index is 1.02. The lowest BCUT2D eigenvalue weighted by Gasteiger charge is -2.19. The van der Waals surface area contributed by atoms with E-state index in [-0.39, 0.29) is 0 Å². The highest BCUT2D eigenvalue weighted by Gasteiger charge is 2.20. The standard InChI is InChI=1S/C21H21N3S/c1-2-6-19-17(5-1)21(18-13-25-14-20(18)23-19)22-15-7-9-16(10-8-15)24-11-3-4-12-24/h1-2,5-10H,3-4,11-14H2,(H,22,23). The molecular weight excluding hydrogens is 326 g/mol. The second kappa shape index (κ2) is 6.26. The van der Waals surface area contributed by atoms with Crippen molar-refractivity contribution in [3.63, 3.8) is 0 Å². The Hall–Kier alpha value is -2.20. The number of rotatable bonds is 3. The van der Waals surface area contributed by atoms with Gasteiger partial charge in [0.1, 0.15) is 0 Å². The SMILES string of the molecule is c1ccc2c(Nc3ccc(N4CCCC4)cc3)c3c(nc2c1)CSC3. The predicted octanol–water partition coefficient (Wildman–Crippen LogP) is 5.33. The summed E-state index contributed by atoms with van der Waals surface area (Å²) < 4.78 is 0. The molecule has 2 aliphatic rings. The number of nitrogens with zero attached hydrogens (tertiary/aromatic N) is 2. The van der Waals surface area contributed by atoms with Gasteiger partial charge in [0.25, 0.3) is 0 Å². The van der Waals surface area contributed by atoms with Gasteiger partial charge in [0.05, 0.1) is 16.9 Å². The maximum absolute atomic E-state index is 4.86. The summed E-state index contributed by atoms with van der Waals surface area (Å²) in [6, 6.07) is 17.3. The number of thioether (sulfide) groups is 1. The molecule has 1 N–H and O–H groups in total. The average molecular weight is 347 g/mol. The lowest BCUT2D eigenvalue weighted by molar-refractivity contribution is 0.949. The zero-order valence-electron chi connectivity index (χ0n) is 14.2. The highest BCUT2D eigenvalue weighted by molar-refractivity contribution is 7.98. The summed E-state index contributed by atoms with van der Waals surface area (Å²) in [5.41, 5.74) is 7.41. The van der Waals surface area contributed by atoms with Crippen LogP contribution in [-0.4, -0.2) is 18.1 Å². The Morgan fingerprint density at radius 1 is 0.920 bits per heavy atom. The van der Waals surface area contributed by atoms with Crippen LogP contribution < -0.4 is 10.2 Å². The fourth-order valence-corrected chi connectivity index (χ4v) is 4.89. The Labute approximate surface area is 152 Å². The van der Waals surface area contributed by atoms with Gasteiger partial charge < -0.3 is 10.2 Å². The van der Waals surface area contributed by atoms with Gasteiger partial charge >= 0.3 is 0 Å². The van der Waals surface area contributed by atoms with E-state index in [1.54, 1.807) is 0 Å². The summed E-state index contributed by atoms with van der Waals surface area (Å²) in [4.78, 5) is 7.33. The molecule has 1 saturated heterocycles. The molecule has 0 spiro atoms. The van der Waals surface area contributed by atoms with Crippen LogP contribution in [0.25, 0.3) is 10.9 Å². The van der Waals surface area contributed by atoms with Crippen molar-refractivity contribution in [2.24, 2.45) is 0 Å². The lowest BCUT2D eigenvalue weighted by atomic mass is 10.1. The molecule has 3 nitrogen and oxygen atoms in total. The summed E-state index contributed by atoms with van der Waals surface area (Å²) in [7, 11) is 0. The predicted molar refractivity (Wildman–Crippen MR) is 108 cm³/mol. The third-order valence-electron chi connectivity index (χ3n) is 5.17. The van der Waals surface area contributed by atoms with Crippen LogP contribution in [0.5, 0.6) is 0 Å². The van der Waals surface area contributed by atoms with Crippen molar-refractivity contribution < 1.29 is 0 Å². The molecule has 0 radical (unpaired) electrons. The lowest BCUT2D eigenvalue weighted by Crippen LogP contribution is -2.17. The maximum atomic E-state index is 4.86. The van der Waals surface area contributed by atoms with E-state index in [0.717, 1.165) is 22.7 Å². The van der Waals surface area contributed by atoms with E-state index < -0.39 is 0 Å². The number of pyridine rings is 1. The van der Waals surface area contributed by atoms with Crippen molar-refractivity contribution in [2.75, 3.05) is 23.3 Å². The first-order chi connectivity index (χ1) is 12.4. The second-order valence-corrected chi connectivity index (χ2v) is 7.77. The Kier molecular flexibility index (Phi) is 3.78. The largest absolute Gasteiger partial charge is 0.372 e. The molecule has 3 heterocycles. The minimum Gasteiger partial charge on any atom is -0.372 e. The van der Waals surface area contributed by atoms with Gasteiger partial charge in [-0.05, 0) is 43.2 Å². The van der Waals surface area contributed by atoms with Crippen LogP contribution >= 0.6 is 11.8 Å². The molecule has 4 heteroatoms. The third-order valence-corrected chi connectivity index (χ3v) is 6.14. The van der Waals surface area contributed by atoms with E-state index in [9.17, 15) is 0 Å². The van der Waals surface area contributed by atoms with Gasteiger partial charge in [-0.2, -0.15) is 11.8 Å². The molecule has 0 unspecified atom stereocenters. The molecule has 0 bridgehead atoms. The molecule has 3 aromatic rings. The first-order valence-corrected chi connectivity index (χ1v) is 10.1. The van der Waals surface area contributed by atoms with Crippen LogP contribution in [0.2, 0.25) is 0 Å². The molecule has 0 amide bonds. The number of aromatic nitrogens is 1. The number of para-hydroxylation sites is 1. The Morgan fingerprint density at radius 2 is 1.72 bits per heavy atom. The summed E-state index contributed by atoms with van der Waals surface area (Å²) >= 11 is 1.95. The first-order valence-electron chi connectivity index (χ1n) is 8.99. The molecule has 25 heavy (non-hydrogen) atoms. The third kappa shape index (κ3) is 2.74. The zero-order valence-corrected chi connectivity index (χ0v) is 15.0. The van der Waals surface area contributed by atoms with Crippen molar-refractivity contribution in [3.8, 4) is 0 Å². The van der Waals surface area contributed by atoms with Crippen molar-refractivity contribution in [2.45, 2.75) is 24.3 Å². The van der Waals surface area contributed by atoms with E-state index in [0.29, 0.717) is 0 Å². The Balaban J connectivity index is 1.51. The quantitative estimate of drug-likeness (QED) is 0.693. The van der Waals surface area contributed by atoms with Crippen LogP contribution in [0.3, 0.4) is 0 Å². The van der Waals surface area contributed by atoms with Crippen molar-refractivity contribution in [1.29, 1.82) is 0 Å². The van der Waals surface area contributed by atoms with Crippen molar-refractivity contribution >= 4 is 39.7 Å². The molecule has 2 aliphatic heterocycles. The topological polar surface area (TPSA) is 28.2 Å². The van der Waals surface area contributed by atoms with Gasteiger partial charge in [-0.3, -0.25) is 4.98 Å². The van der Waals surface area contributed by atoms with Gasteiger partial charge in [-0.1, -0.05) is 18.2 Å². The molecule has 0 aliphatic carbocycles. The van der Waals surface area contributed by atoms with Crippen LogP contribution in [0, 0.1) is 0 Å². The highest BCUT2D eigenvalue weighted by atomic mass is 32.2. The smallest absolute Gasteiger partial charge is 0.0726 e. The number of nitrogens with one attached hydrogen (secondary N) is 1. The number of hydrogen-bond acceptors (Lipinski definition) is 4. The van der Waals surface area contributed by atoms with E-state index in [4.69, 9.17) is 4.98 Å². The number of anilines is 3. The van der Waals surface area contributed by atoms with E-state index in [1.807, 2.05) is 11.8 Å². The number of benzene rings is 2. The van der Waals surface area contributed by atoms with Crippen molar-refractivity contribution in [3.05, 3.63) is 59.8 Å². The molecule has 0 saturated carbocycles.